The second kappa shape index (κ2) is 5.56. The highest BCUT2D eigenvalue weighted by molar-refractivity contribution is 5.80. The van der Waals surface area contributed by atoms with Crippen LogP contribution in [0, 0.1) is 0 Å². The number of rotatable bonds is 3. The molecule has 0 aliphatic heterocycles. The van der Waals surface area contributed by atoms with Gasteiger partial charge in [0.15, 0.2) is 0 Å². The molecule has 0 fully saturated rings. The van der Waals surface area contributed by atoms with Gasteiger partial charge in [-0.15, -0.1) is 0 Å². The molecule has 15 heavy (non-hydrogen) atoms. The Balaban J connectivity index is 0.00000112. The number of hydrogen-bond donors (Lipinski definition) is 2. The van der Waals surface area contributed by atoms with Crippen LogP contribution >= 0.6 is 0 Å². The van der Waals surface area contributed by atoms with Crippen molar-refractivity contribution < 1.29 is 5.48 Å². The number of hydrogen-bond acceptors (Lipinski definition) is 2. The first-order chi connectivity index (χ1) is 6.95. The number of nitrogens with one attached hydrogen (secondary N) is 2. The van der Waals surface area contributed by atoms with Crippen molar-refractivity contribution in [2.45, 2.75) is 0 Å². The van der Waals surface area contributed by atoms with Crippen LogP contribution in [0.5, 0.6) is 0 Å². The third kappa shape index (κ3) is 3.24. The van der Waals surface area contributed by atoms with Crippen LogP contribution in [0.2, 0.25) is 0 Å². The predicted molar refractivity (Wildman–Crippen MR) is 60.4 cm³/mol. The van der Waals surface area contributed by atoms with Gasteiger partial charge in [-0.1, -0.05) is 0 Å². The van der Waals surface area contributed by atoms with Crippen molar-refractivity contribution in [3.63, 3.8) is 0 Å². The molecular weight excluding hydrogens is 192 g/mol. The fraction of sp³-hybridized carbons (Fsp3) is 0. The van der Waals surface area contributed by atoms with Gasteiger partial charge in [-0.3, -0.25) is 0 Å². The van der Waals surface area contributed by atoms with Crippen LogP contribution in [0.25, 0.3) is 0 Å². The van der Waals surface area contributed by atoms with E-state index in [0.29, 0.717) is 0 Å². The van der Waals surface area contributed by atoms with Gasteiger partial charge < -0.3 is 15.4 Å². The van der Waals surface area contributed by atoms with Crippen molar-refractivity contribution in [1.82, 2.24) is 9.97 Å². The molecule has 78 valence electrons. The lowest BCUT2D eigenvalue weighted by atomic mass is 10.5. The van der Waals surface area contributed by atoms with Gasteiger partial charge in [0.25, 0.3) is 0 Å². The van der Waals surface area contributed by atoms with Gasteiger partial charge in [0.2, 0.25) is 0 Å². The summed E-state index contributed by atoms with van der Waals surface area (Å²) in [4.78, 5) is 6.00. The molecule has 0 spiro atoms. The topological polar surface area (TPSA) is 87.8 Å². The molecule has 0 aliphatic carbocycles. The average molecular weight is 204 g/mol. The fourth-order valence-electron chi connectivity index (χ4n) is 1.04. The van der Waals surface area contributed by atoms with Gasteiger partial charge in [-0.2, -0.15) is 10.2 Å². The summed E-state index contributed by atoms with van der Waals surface area (Å²) in [5, 5.41) is 7.76. The molecule has 2 heterocycles. The van der Waals surface area contributed by atoms with E-state index in [4.69, 9.17) is 0 Å². The van der Waals surface area contributed by atoms with Gasteiger partial charge in [-0.25, -0.2) is 0 Å². The highest BCUT2D eigenvalue weighted by Gasteiger charge is 1.84. The quantitative estimate of drug-likeness (QED) is 0.551. The van der Waals surface area contributed by atoms with Crippen molar-refractivity contribution >= 4 is 12.4 Å². The van der Waals surface area contributed by atoms with E-state index < -0.39 is 0 Å². The third-order valence-corrected chi connectivity index (χ3v) is 1.70. The Hall–Kier alpha value is -2.14. The standard InChI is InChI=1S/C10H10N4.H2O/c1-3-9(11-5-1)7-13-14-8-10-4-2-6-12-10;/h1-8,11-12H;1H2/b13-7+,14-8+;. The molecule has 0 saturated heterocycles. The molecular formula is C10H12N4O. The number of aromatic nitrogens is 2. The molecule has 2 aromatic rings. The highest BCUT2D eigenvalue weighted by atomic mass is 16.0. The number of nitrogens with zero attached hydrogens (tertiary/aromatic N) is 2. The summed E-state index contributed by atoms with van der Waals surface area (Å²) < 4.78 is 0. The first kappa shape index (κ1) is 10.9. The van der Waals surface area contributed by atoms with Gasteiger partial charge in [-0.05, 0) is 24.3 Å². The van der Waals surface area contributed by atoms with Crippen molar-refractivity contribution in [2.24, 2.45) is 10.2 Å². The maximum absolute atomic E-state index is 3.88. The maximum Gasteiger partial charge on any atom is 0.0730 e. The van der Waals surface area contributed by atoms with E-state index in [2.05, 4.69) is 20.2 Å². The second-order valence-electron chi connectivity index (χ2n) is 2.74. The van der Waals surface area contributed by atoms with Crippen LogP contribution < -0.4 is 0 Å². The number of aromatic amines is 2. The molecule has 0 radical (unpaired) electrons. The van der Waals surface area contributed by atoms with E-state index in [9.17, 15) is 0 Å². The SMILES string of the molecule is C(=N\N=C\c1ccc[nH]1)/c1ccc[nH]1.O. The predicted octanol–water partition coefficient (Wildman–Crippen LogP) is 0.971. The van der Waals surface area contributed by atoms with Crippen LogP contribution in [-0.2, 0) is 0 Å². The summed E-state index contributed by atoms with van der Waals surface area (Å²) in [5.41, 5.74) is 1.88. The summed E-state index contributed by atoms with van der Waals surface area (Å²) >= 11 is 0. The normalized spacial score (nSPS) is 10.9. The number of H-pyrrole nitrogens is 2. The van der Waals surface area contributed by atoms with Crippen molar-refractivity contribution in [3.05, 3.63) is 48.0 Å². The molecule has 0 unspecified atom stereocenters. The van der Waals surface area contributed by atoms with Gasteiger partial charge in [0.05, 0.1) is 23.8 Å². The zero-order valence-electron chi connectivity index (χ0n) is 8.01. The van der Waals surface area contributed by atoms with Crippen LogP contribution in [0.3, 0.4) is 0 Å². The van der Waals surface area contributed by atoms with Crippen LogP contribution in [0.1, 0.15) is 11.4 Å². The van der Waals surface area contributed by atoms with E-state index in [1.807, 2.05) is 36.7 Å². The Bertz CT molecular complexity index is 372. The van der Waals surface area contributed by atoms with Crippen LogP contribution in [-0.4, -0.2) is 27.9 Å². The molecule has 0 aliphatic rings. The van der Waals surface area contributed by atoms with Gasteiger partial charge in [0.1, 0.15) is 0 Å². The molecule has 5 nitrogen and oxygen atoms in total. The summed E-state index contributed by atoms with van der Waals surface area (Å²) in [6.45, 7) is 0. The minimum absolute atomic E-state index is 0. The lowest BCUT2D eigenvalue weighted by molar-refractivity contribution is 0.824. The monoisotopic (exact) mass is 204 g/mol. The molecule has 0 aromatic carbocycles. The molecule has 0 amide bonds. The summed E-state index contributed by atoms with van der Waals surface area (Å²) in [6, 6.07) is 7.67. The maximum atomic E-state index is 3.88. The molecule has 2 aromatic heterocycles. The molecule has 4 N–H and O–H groups in total. The Labute approximate surface area is 86.9 Å². The molecule has 0 saturated carbocycles. The van der Waals surface area contributed by atoms with Crippen LogP contribution in [0.15, 0.2) is 46.9 Å². The molecule has 5 heteroatoms. The van der Waals surface area contributed by atoms with Gasteiger partial charge in [0, 0.05) is 12.4 Å². The molecule has 0 atom stereocenters. The lowest BCUT2D eigenvalue weighted by Gasteiger charge is -1.82. The second-order valence-corrected chi connectivity index (χ2v) is 2.74. The van der Waals surface area contributed by atoms with Crippen molar-refractivity contribution in [1.29, 1.82) is 0 Å². The van der Waals surface area contributed by atoms with E-state index in [1.165, 1.54) is 0 Å². The Morgan fingerprint density at radius 3 is 1.67 bits per heavy atom. The van der Waals surface area contributed by atoms with E-state index >= 15 is 0 Å². The average Bonchev–Trinajstić information content (AvgIpc) is 2.86. The van der Waals surface area contributed by atoms with Gasteiger partial charge >= 0.3 is 0 Å². The fourth-order valence-corrected chi connectivity index (χ4v) is 1.04. The lowest BCUT2D eigenvalue weighted by Crippen LogP contribution is -1.79. The zero-order chi connectivity index (χ0) is 9.64. The van der Waals surface area contributed by atoms with Crippen molar-refractivity contribution in [2.75, 3.05) is 0 Å². The minimum atomic E-state index is 0. The highest BCUT2D eigenvalue weighted by Crippen LogP contribution is 1.91. The smallest absolute Gasteiger partial charge is 0.0730 e. The molecule has 0 bridgehead atoms. The van der Waals surface area contributed by atoms with E-state index in [0.717, 1.165) is 11.4 Å². The summed E-state index contributed by atoms with van der Waals surface area (Å²) in [6.07, 6.45) is 7.02. The van der Waals surface area contributed by atoms with E-state index in [-0.39, 0.29) is 5.48 Å². The zero-order valence-corrected chi connectivity index (χ0v) is 8.01. The summed E-state index contributed by atoms with van der Waals surface area (Å²) in [5.74, 6) is 0. The summed E-state index contributed by atoms with van der Waals surface area (Å²) in [7, 11) is 0. The first-order valence-electron chi connectivity index (χ1n) is 4.28. The third-order valence-electron chi connectivity index (χ3n) is 1.70. The Kier molecular flexibility index (Phi) is 4.05. The first-order valence-corrected chi connectivity index (χ1v) is 4.28. The molecule has 2 rings (SSSR count). The van der Waals surface area contributed by atoms with Crippen molar-refractivity contribution in [3.8, 4) is 0 Å². The van der Waals surface area contributed by atoms with E-state index in [1.54, 1.807) is 12.4 Å². The minimum Gasteiger partial charge on any atom is -0.412 e. The Morgan fingerprint density at radius 1 is 0.867 bits per heavy atom. The Morgan fingerprint density at radius 2 is 1.33 bits per heavy atom. The largest absolute Gasteiger partial charge is 0.412 e. The van der Waals surface area contributed by atoms with Crippen LogP contribution in [0.4, 0.5) is 0 Å².